The Bertz CT molecular complexity index is 999. The number of rotatable bonds is 5. The molecular weight excluding hydrogens is 316 g/mol. The van der Waals surface area contributed by atoms with Crippen LogP contribution in [0.2, 0.25) is 0 Å². The Balaban J connectivity index is 1.75. The zero-order valence-corrected chi connectivity index (χ0v) is 13.4. The smallest absolute Gasteiger partial charge is 0.159 e. The summed E-state index contributed by atoms with van der Waals surface area (Å²) in [7, 11) is 0. The van der Waals surface area contributed by atoms with E-state index in [9.17, 15) is 0 Å². The van der Waals surface area contributed by atoms with Crippen LogP contribution in [0.4, 0.5) is 0 Å². The van der Waals surface area contributed by atoms with Crippen LogP contribution in [0.15, 0.2) is 60.9 Å². The number of aliphatic hydroxyl groups is 1. The zero-order chi connectivity index (χ0) is 17.1. The number of imidazole rings is 1. The van der Waals surface area contributed by atoms with Crippen LogP contribution in [0.3, 0.4) is 0 Å². The third-order valence-corrected chi connectivity index (χ3v) is 3.80. The van der Waals surface area contributed by atoms with Gasteiger partial charge in [-0.2, -0.15) is 0 Å². The fraction of sp³-hybridized carbons (Fsp3) is 0.105. The monoisotopic (exact) mass is 332 g/mol. The summed E-state index contributed by atoms with van der Waals surface area (Å²) in [6, 6.07) is 15.3. The van der Waals surface area contributed by atoms with E-state index < -0.39 is 0 Å². The third-order valence-electron chi connectivity index (χ3n) is 3.80. The van der Waals surface area contributed by atoms with Crippen molar-refractivity contribution in [1.82, 2.24) is 19.9 Å². The van der Waals surface area contributed by atoms with Crippen molar-refractivity contribution in [2.75, 3.05) is 13.2 Å². The summed E-state index contributed by atoms with van der Waals surface area (Å²) < 4.78 is 5.60. The lowest BCUT2D eigenvalue weighted by atomic mass is 10.2. The van der Waals surface area contributed by atoms with E-state index in [4.69, 9.17) is 9.84 Å². The Morgan fingerprint density at radius 1 is 1.00 bits per heavy atom. The topological polar surface area (TPSA) is 83.9 Å². The number of ether oxygens (including phenoxy) is 1. The maximum atomic E-state index is 8.98. The first-order valence-corrected chi connectivity index (χ1v) is 7.95. The molecule has 4 rings (SSSR count). The summed E-state index contributed by atoms with van der Waals surface area (Å²) >= 11 is 0. The van der Waals surface area contributed by atoms with Crippen LogP contribution in [-0.2, 0) is 0 Å². The molecule has 0 fully saturated rings. The Morgan fingerprint density at radius 3 is 2.68 bits per heavy atom. The van der Waals surface area contributed by atoms with Gasteiger partial charge < -0.3 is 14.8 Å². The van der Waals surface area contributed by atoms with Crippen molar-refractivity contribution < 1.29 is 9.84 Å². The van der Waals surface area contributed by atoms with E-state index in [1.54, 1.807) is 18.5 Å². The molecule has 0 bridgehead atoms. The molecule has 25 heavy (non-hydrogen) atoms. The number of benzene rings is 2. The molecule has 0 aliphatic rings. The molecule has 2 heterocycles. The highest BCUT2D eigenvalue weighted by atomic mass is 16.5. The van der Waals surface area contributed by atoms with Gasteiger partial charge in [0, 0.05) is 18.0 Å². The van der Waals surface area contributed by atoms with Crippen molar-refractivity contribution in [3.63, 3.8) is 0 Å². The molecule has 124 valence electrons. The van der Waals surface area contributed by atoms with Gasteiger partial charge in [0.15, 0.2) is 5.82 Å². The van der Waals surface area contributed by atoms with Crippen LogP contribution in [0, 0.1) is 0 Å². The van der Waals surface area contributed by atoms with E-state index in [1.165, 1.54) is 0 Å². The number of para-hydroxylation sites is 1. The molecular formula is C19H16N4O2. The average Bonchev–Trinajstić information content (AvgIpc) is 3.10. The number of aromatic amines is 1. The fourth-order valence-corrected chi connectivity index (χ4v) is 2.67. The summed E-state index contributed by atoms with van der Waals surface area (Å²) in [5.41, 5.74) is 3.53. The average molecular weight is 332 g/mol. The summed E-state index contributed by atoms with van der Waals surface area (Å²) in [6.07, 6.45) is 3.44. The van der Waals surface area contributed by atoms with E-state index >= 15 is 0 Å². The van der Waals surface area contributed by atoms with Gasteiger partial charge in [-0.05, 0) is 36.4 Å². The normalized spacial score (nSPS) is 10.9. The molecule has 0 radical (unpaired) electrons. The first kappa shape index (κ1) is 15.3. The van der Waals surface area contributed by atoms with Crippen LogP contribution >= 0.6 is 0 Å². The van der Waals surface area contributed by atoms with E-state index in [2.05, 4.69) is 19.9 Å². The number of nitrogens with one attached hydrogen (secondary N) is 1. The number of hydrogen-bond acceptors (Lipinski definition) is 5. The Kier molecular flexibility index (Phi) is 4.10. The Hall–Kier alpha value is -3.25. The van der Waals surface area contributed by atoms with Crippen LogP contribution in [0.25, 0.3) is 33.8 Å². The van der Waals surface area contributed by atoms with Crippen molar-refractivity contribution in [2.24, 2.45) is 0 Å². The lowest BCUT2D eigenvalue weighted by Gasteiger charge is -2.08. The second kappa shape index (κ2) is 6.70. The minimum atomic E-state index is -0.0328. The second-order valence-corrected chi connectivity index (χ2v) is 5.46. The molecule has 0 saturated heterocycles. The molecule has 0 amide bonds. The van der Waals surface area contributed by atoms with Gasteiger partial charge in [0.2, 0.25) is 0 Å². The minimum absolute atomic E-state index is 0.0328. The molecule has 0 unspecified atom stereocenters. The summed E-state index contributed by atoms with van der Waals surface area (Å²) in [5.74, 6) is 2.07. The van der Waals surface area contributed by atoms with E-state index in [-0.39, 0.29) is 13.2 Å². The number of hydrogen-bond donors (Lipinski definition) is 2. The molecule has 6 nitrogen and oxygen atoms in total. The molecule has 2 aromatic carbocycles. The molecule has 0 saturated carbocycles. The van der Waals surface area contributed by atoms with Gasteiger partial charge in [-0.1, -0.05) is 12.1 Å². The molecule has 0 aliphatic carbocycles. The van der Waals surface area contributed by atoms with E-state index in [0.29, 0.717) is 11.6 Å². The number of aliphatic hydroxyl groups excluding tert-OH is 1. The molecule has 0 atom stereocenters. The zero-order valence-electron chi connectivity index (χ0n) is 13.4. The quantitative estimate of drug-likeness (QED) is 0.587. The van der Waals surface area contributed by atoms with Crippen LogP contribution < -0.4 is 4.74 Å². The number of H-pyrrole nitrogens is 1. The van der Waals surface area contributed by atoms with Crippen LogP contribution in [-0.4, -0.2) is 38.3 Å². The van der Waals surface area contributed by atoms with E-state index in [0.717, 1.165) is 28.0 Å². The highest BCUT2D eigenvalue weighted by Crippen LogP contribution is 2.30. The molecule has 0 aliphatic heterocycles. The maximum Gasteiger partial charge on any atom is 0.159 e. The highest BCUT2D eigenvalue weighted by Gasteiger charge is 2.11. The Labute approximate surface area is 144 Å². The molecule has 2 N–H and O–H groups in total. The van der Waals surface area contributed by atoms with Crippen molar-refractivity contribution in [3.05, 3.63) is 60.9 Å². The fourth-order valence-electron chi connectivity index (χ4n) is 2.67. The SMILES string of the molecule is OCCOc1ccccc1-c1nc2ccc(-c3ncccn3)cc2[nH]1. The van der Waals surface area contributed by atoms with Gasteiger partial charge in [-0.25, -0.2) is 15.0 Å². The standard InChI is InChI=1S/C19H16N4O2/c24-10-11-25-17-5-2-1-4-14(17)19-22-15-7-6-13(12-16(15)23-19)18-20-8-3-9-21-18/h1-9,12,24H,10-11H2,(H,22,23). The van der Waals surface area contributed by atoms with Crippen molar-refractivity contribution in [1.29, 1.82) is 0 Å². The van der Waals surface area contributed by atoms with Crippen LogP contribution in [0.5, 0.6) is 5.75 Å². The van der Waals surface area contributed by atoms with Gasteiger partial charge in [-0.3, -0.25) is 0 Å². The lowest BCUT2D eigenvalue weighted by Crippen LogP contribution is -2.02. The largest absolute Gasteiger partial charge is 0.490 e. The third kappa shape index (κ3) is 3.07. The second-order valence-electron chi connectivity index (χ2n) is 5.46. The summed E-state index contributed by atoms with van der Waals surface area (Å²) in [6.45, 7) is 0.210. The summed E-state index contributed by atoms with van der Waals surface area (Å²) in [5, 5.41) is 8.98. The summed E-state index contributed by atoms with van der Waals surface area (Å²) in [4.78, 5) is 16.5. The van der Waals surface area contributed by atoms with Crippen molar-refractivity contribution in [3.8, 4) is 28.5 Å². The lowest BCUT2D eigenvalue weighted by molar-refractivity contribution is 0.202. The molecule has 0 spiro atoms. The van der Waals surface area contributed by atoms with Gasteiger partial charge >= 0.3 is 0 Å². The van der Waals surface area contributed by atoms with Gasteiger partial charge in [0.05, 0.1) is 23.2 Å². The Morgan fingerprint density at radius 2 is 1.84 bits per heavy atom. The molecule has 2 aromatic heterocycles. The van der Waals surface area contributed by atoms with Gasteiger partial charge in [0.1, 0.15) is 18.2 Å². The van der Waals surface area contributed by atoms with Crippen molar-refractivity contribution >= 4 is 11.0 Å². The first-order chi connectivity index (χ1) is 12.3. The van der Waals surface area contributed by atoms with Gasteiger partial charge in [0.25, 0.3) is 0 Å². The number of nitrogens with zero attached hydrogens (tertiary/aromatic N) is 3. The predicted molar refractivity (Wildman–Crippen MR) is 95.1 cm³/mol. The highest BCUT2D eigenvalue weighted by molar-refractivity contribution is 5.84. The predicted octanol–water partition coefficient (Wildman–Crippen LogP) is 3.06. The maximum absolute atomic E-state index is 8.98. The molecule has 4 aromatic rings. The van der Waals surface area contributed by atoms with Crippen LogP contribution in [0.1, 0.15) is 0 Å². The first-order valence-electron chi connectivity index (χ1n) is 7.95. The van der Waals surface area contributed by atoms with Crippen molar-refractivity contribution in [2.45, 2.75) is 0 Å². The van der Waals surface area contributed by atoms with E-state index in [1.807, 2.05) is 42.5 Å². The van der Waals surface area contributed by atoms with Gasteiger partial charge in [-0.15, -0.1) is 0 Å². The number of fused-ring (bicyclic) bond motifs is 1. The molecule has 6 heteroatoms. The minimum Gasteiger partial charge on any atom is -0.490 e. The number of aromatic nitrogens is 4.